The molecule has 1 aliphatic heterocycles. The van der Waals surface area contributed by atoms with Crippen molar-refractivity contribution in [3.63, 3.8) is 0 Å². The van der Waals surface area contributed by atoms with Gasteiger partial charge in [-0.2, -0.15) is 13.2 Å². The van der Waals surface area contributed by atoms with Crippen LogP contribution in [0, 0.1) is 11.3 Å². The third kappa shape index (κ3) is 9.56. The van der Waals surface area contributed by atoms with Crippen molar-refractivity contribution in [2.45, 2.75) is 95.4 Å². The zero-order valence-electron chi connectivity index (χ0n) is 28.8. The number of nitrogens with one attached hydrogen (secondary N) is 1. The minimum Gasteiger partial charge on any atom is -0.494 e. The van der Waals surface area contributed by atoms with E-state index in [0.717, 1.165) is 36.1 Å². The first-order valence-electron chi connectivity index (χ1n) is 16.6. The van der Waals surface area contributed by atoms with Crippen LogP contribution in [0.1, 0.15) is 83.5 Å². The molecule has 5 rings (SSSR count). The lowest BCUT2D eigenvalue weighted by Crippen LogP contribution is -2.45. The number of rotatable bonds is 13. The molecule has 1 aliphatic carbocycles. The van der Waals surface area contributed by atoms with Crippen LogP contribution in [-0.4, -0.2) is 68.7 Å². The van der Waals surface area contributed by atoms with Crippen molar-refractivity contribution in [1.29, 1.82) is 0 Å². The lowest BCUT2D eigenvalue weighted by Gasteiger charge is -2.33. The predicted molar refractivity (Wildman–Crippen MR) is 184 cm³/mol. The minimum absolute atomic E-state index is 0.0450. The third-order valence-corrected chi connectivity index (χ3v) is 9.89. The van der Waals surface area contributed by atoms with Crippen LogP contribution in [-0.2, 0) is 4.74 Å². The van der Waals surface area contributed by atoms with Gasteiger partial charge in [-0.15, -0.1) is 5.10 Å². The second-order valence-corrected chi connectivity index (χ2v) is 15.7. The molecule has 1 aromatic carbocycles. The van der Waals surface area contributed by atoms with Crippen molar-refractivity contribution >= 4 is 35.5 Å². The van der Waals surface area contributed by atoms with Gasteiger partial charge in [0.1, 0.15) is 16.5 Å². The van der Waals surface area contributed by atoms with Crippen LogP contribution in [0.3, 0.4) is 0 Å². The number of carbonyl (C=O) groups excluding carboxylic acids is 2. The Morgan fingerprint density at radius 2 is 1.84 bits per heavy atom. The molecule has 1 saturated heterocycles. The normalized spacial score (nSPS) is 18.1. The molecule has 2 aliphatic rings. The van der Waals surface area contributed by atoms with Crippen LogP contribution in [0.5, 0.6) is 11.6 Å². The van der Waals surface area contributed by atoms with Gasteiger partial charge in [-0.1, -0.05) is 17.7 Å². The number of nitrogens with zero attached hydrogens (tertiary/aromatic N) is 4. The number of ether oxygens (including phenoxy) is 3. The number of likely N-dealkylation sites (tertiary alicyclic amines) is 1. The summed E-state index contributed by atoms with van der Waals surface area (Å²) in [5, 5.41) is 4.17. The Hall–Kier alpha value is -3.65. The van der Waals surface area contributed by atoms with E-state index < -0.39 is 23.1 Å². The van der Waals surface area contributed by atoms with E-state index in [1.165, 1.54) is 16.8 Å². The summed E-state index contributed by atoms with van der Waals surface area (Å²) < 4.78 is 60.6. The summed E-state index contributed by atoms with van der Waals surface area (Å²) in [5.41, 5.74) is -2.29. The molecule has 272 valence electrons. The fourth-order valence-corrected chi connectivity index (χ4v) is 6.86. The van der Waals surface area contributed by atoms with Crippen molar-refractivity contribution in [3.05, 3.63) is 59.4 Å². The predicted octanol–water partition coefficient (Wildman–Crippen LogP) is 8.66. The quantitative estimate of drug-likeness (QED) is 0.106. The lowest BCUT2D eigenvalue weighted by molar-refractivity contribution is -0.190. The number of alkyl halides is 3. The molecule has 50 heavy (non-hydrogen) atoms. The lowest BCUT2D eigenvalue weighted by atomic mass is 9.93. The molecule has 0 spiro atoms. The zero-order chi connectivity index (χ0) is 36.3. The number of benzene rings is 1. The summed E-state index contributed by atoms with van der Waals surface area (Å²) >= 11 is 7.46. The first-order chi connectivity index (χ1) is 23.4. The summed E-state index contributed by atoms with van der Waals surface area (Å²) in [7, 11) is 0. The SMILES string of the molecule is CC(C)(C)OC(=O)N1CC(CCCOc2cccc(SNC(=O)c3ccc(-n4ccc(OCCC5(C(F)(F)F)CC5)n4)nc3Cl)c2)CC1(C)C. The third-order valence-electron chi connectivity index (χ3n) is 8.83. The second-order valence-electron chi connectivity index (χ2n) is 14.5. The summed E-state index contributed by atoms with van der Waals surface area (Å²) in [6.07, 6.45) is -0.190. The number of hydrogen-bond acceptors (Lipinski definition) is 8. The molecule has 1 unspecified atom stereocenters. The molecule has 2 fully saturated rings. The Bertz CT molecular complexity index is 1670. The largest absolute Gasteiger partial charge is 0.494 e. The van der Waals surface area contributed by atoms with E-state index in [0.29, 0.717) is 30.6 Å². The van der Waals surface area contributed by atoms with Crippen molar-refractivity contribution in [2.75, 3.05) is 19.8 Å². The van der Waals surface area contributed by atoms with Gasteiger partial charge >= 0.3 is 12.3 Å². The average Bonchev–Trinajstić information content (AvgIpc) is 3.57. The maximum absolute atomic E-state index is 13.1. The average molecular weight is 738 g/mol. The van der Waals surface area contributed by atoms with Gasteiger partial charge in [0.25, 0.3) is 5.91 Å². The monoisotopic (exact) mass is 737 g/mol. The van der Waals surface area contributed by atoms with Crippen LogP contribution in [0.2, 0.25) is 5.15 Å². The molecule has 1 N–H and O–H groups in total. The number of aromatic nitrogens is 3. The molecule has 1 saturated carbocycles. The summed E-state index contributed by atoms with van der Waals surface area (Å²) in [6, 6.07) is 12.0. The Morgan fingerprint density at radius 3 is 2.52 bits per heavy atom. The van der Waals surface area contributed by atoms with Crippen LogP contribution < -0.4 is 14.2 Å². The molecule has 3 aromatic rings. The highest BCUT2D eigenvalue weighted by molar-refractivity contribution is 7.98. The molecule has 2 amide bonds. The smallest absolute Gasteiger partial charge is 0.410 e. The molecule has 15 heteroatoms. The van der Waals surface area contributed by atoms with Gasteiger partial charge in [0.2, 0.25) is 5.88 Å². The first-order valence-corrected chi connectivity index (χ1v) is 17.8. The van der Waals surface area contributed by atoms with E-state index in [1.54, 1.807) is 12.3 Å². The van der Waals surface area contributed by atoms with Crippen LogP contribution in [0.4, 0.5) is 18.0 Å². The summed E-state index contributed by atoms with van der Waals surface area (Å²) in [5.74, 6) is 1.05. The Balaban J connectivity index is 1.05. The molecule has 0 radical (unpaired) electrons. The van der Waals surface area contributed by atoms with Gasteiger partial charge < -0.3 is 19.1 Å². The minimum atomic E-state index is -4.23. The van der Waals surface area contributed by atoms with Crippen molar-refractivity contribution in [3.8, 4) is 17.4 Å². The second kappa shape index (κ2) is 14.9. The molecule has 2 aromatic heterocycles. The van der Waals surface area contributed by atoms with Gasteiger partial charge in [-0.3, -0.25) is 9.52 Å². The van der Waals surface area contributed by atoms with E-state index in [2.05, 4.69) is 28.7 Å². The fraction of sp³-hybridized carbons (Fsp3) is 0.543. The number of pyridine rings is 1. The number of amides is 2. The van der Waals surface area contributed by atoms with Gasteiger partial charge in [0, 0.05) is 29.2 Å². The van der Waals surface area contributed by atoms with Crippen molar-refractivity contribution in [2.24, 2.45) is 11.3 Å². The van der Waals surface area contributed by atoms with Crippen molar-refractivity contribution < 1.29 is 37.0 Å². The molecule has 0 bridgehead atoms. The van der Waals surface area contributed by atoms with E-state index in [1.807, 2.05) is 49.9 Å². The topological polar surface area (TPSA) is 108 Å². The summed E-state index contributed by atoms with van der Waals surface area (Å²) in [4.78, 5) is 32.5. The van der Waals surface area contributed by atoms with E-state index in [9.17, 15) is 22.8 Å². The number of halogens is 4. The van der Waals surface area contributed by atoms with Gasteiger partial charge in [-0.25, -0.2) is 14.5 Å². The highest BCUT2D eigenvalue weighted by atomic mass is 35.5. The molecular weight excluding hydrogens is 695 g/mol. The Morgan fingerprint density at radius 1 is 1.08 bits per heavy atom. The van der Waals surface area contributed by atoms with Crippen LogP contribution >= 0.6 is 23.5 Å². The summed E-state index contributed by atoms with van der Waals surface area (Å²) in [6.45, 7) is 10.8. The maximum Gasteiger partial charge on any atom is 0.410 e. The standard InChI is InChI=1S/C35H43ClF3N5O5S/c1-32(2,3)49-31(46)43-22-23(21-33(43,4)5)8-7-18-47-24-9-6-10-25(20-24)50-42-30(45)26-11-12-27(40-29(26)36)44-17-13-28(41-44)48-19-16-34(14-15-34)35(37,38)39/h6,9-13,17,20,23H,7-8,14-16,18-19,21-22H2,1-5H3,(H,42,45). The number of hydrogen-bond donors (Lipinski definition) is 1. The van der Waals surface area contributed by atoms with Gasteiger partial charge in [0.15, 0.2) is 5.82 Å². The van der Waals surface area contributed by atoms with Crippen molar-refractivity contribution in [1.82, 2.24) is 24.4 Å². The Labute approximate surface area is 299 Å². The molecular formula is C35H43ClF3N5O5S. The van der Waals surface area contributed by atoms with E-state index in [-0.39, 0.29) is 54.1 Å². The fourth-order valence-electron chi connectivity index (χ4n) is 5.98. The van der Waals surface area contributed by atoms with E-state index in [4.69, 9.17) is 25.8 Å². The highest BCUT2D eigenvalue weighted by Gasteiger charge is 2.62. The first kappa shape index (κ1) is 37.6. The molecule has 3 heterocycles. The molecule has 1 atom stereocenters. The number of carbonyl (C=O) groups is 2. The van der Waals surface area contributed by atoms with Crippen LogP contribution in [0.25, 0.3) is 5.82 Å². The van der Waals surface area contributed by atoms with Gasteiger partial charge in [0.05, 0.1) is 24.2 Å². The molecule has 10 nitrogen and oxygen atoms in total. The van der Waals surface area contributed by atoms with Gasteiger partial charge in [-0.05, 0) is 121 Å². The maximum atomic E-state index is 13.1. The highest BCUT2D eigenvalue weighted by Crippen LogP contribution is 2.59. The van der Waals surface area contributed by atoms with Crippen LogP contribution in [0.15, 0.2) is 53.6 Å². The van der Waals surface area contributed by atoms with E-state index >= 15 is 0 Å². The zero-order valence-corrected chi connectivity index (χ0v) is 30.4. The Kier molecular flexibility index (Phi) is 11.2.